The molecule has 0 fully saturated rings. The van der Waals surface area contributed by atoms with Crippen molar-refractivity contribution in [3.8, 4) is 11.3 Å². The van der Waals surface area contributed by atoms with Crippen LogP contribution in [0.25, 0.3) is 57.4 Å². The summed E-state index contributed by atoms with van der Waals surface area (Å²) < 4.78 is 0. The number of pyridine rings is 2. The van der Waals surface area contributed by atoms with Gasteiger partial charge in [-0.3, -0.25) is 4.98 Å². The van der Waals surface area contributed by atoms with Crippen molar-refractivity contribution in [3.63, 3.8) is 0 Å². The van der Waals surface area contributed by atoms with Crippen LogP contribution < -0.4 is 10.7 Å². The molecule has 6 heteroatoms. The summed E-state index contributed by atoms with van der Waals surface area (Å²) in [6.45, 7) is 0. The van der Waals surface area contributed by atoms with Gasteiger partial charge >= 0.3 is 0 Å². The number of benzene rings is 1. The van der Waals surface area contributed by atoms with E-state index in [9.17, 15) is 0 Å². The lowest BCUT2D eigenvalue weighted by Crippen LogP contribution is -2.12. The number of H-pyrrole nitrogens is 2. The predicted octanol–water partition coefficient (Wildman–Crippen LogP) is 4.52. The van der Waals surface area contributed by atoms with E-state index in [1.807, 2.05) is 60.9 Å². The number of aromatic nitrogens is 4. The molecule has 8 rings (SSSR count). The van der Waals surface area contributed by atoms with Gasteiger partial charge in [-0.05, 0) is 72.9 Å². The molecule has 3 aromatic rings. The molecule has 7 heterocycles. The molecule has 0 atom stereocenters. The number of aromatic amines is 2. The minimum atomic E-state index is 0.836. The van der Waals surface area contributed by atoms with Crippen LogP contribution in [0.1, 0.15) is 11.4 Å². The molecule has 5 aliphatic heterocycles. The average Bonchev–Trinajstić information content (AvgIpc) is 3.69. The van der Waals surface area contributed by atoms with Gasteiger partial charge in [0.2, 0.25) is 0 Å². The Balaban J connectivity index is 1.43. The number of rotatable bonds is 0. The Hall–Kier alpha value is -5.10. The molecule has 6 nitrogen and oxygen atoms in total. The van der Waals surface area contributed by atoms with E-state index in [1.54, 1.807) is 0 Å². The maximum Gasteiger partial charge on any atom is 0.0942 e. The summed E-state index contributed by atoms with van der Waals surface area (Å²) in [7, 11) is 0. The highest BCUT2D eigenvalue weighted by Gasteiger charge is 2.20. The van der Waals surface area contributed by atoms with Crippen LogP contribution in [-0.2, 0) is 0 Å². The van der Waals surface area contributed by atoms with Gasteiger partial charge in [0.15, 0.2) is 0 Å². The van der Waals surface area contributed by atoms with Crippen LogP contribution in [0.4, 0.5) is 0 Å². The van der Waals surface area contributed by atoms with Crippen LogP contribution in [0.5, 0.6) is 0 Å². The Kier molecular flexibility index (Phi) is 3.85. The zero-order valence-corrected chi connectivity index (χ0v) is 19.0. The van der Waals surface area contributed by atoms with Gasteiger partial charge in [0.05, 0.1) is 50.9 Å². The SMILES string of the molecule is C1=CC2=NC1=Cc1nc(c3[nH]c4c(ccc5cccnc54)cc1-3)C=C1C=CC(=N1)C=c1ccc([nH]1)=C2. The van der Waals surface area contributed by atoms with Crippen molar-refractivity contribution >= 4 is 57.5 Å². The summed E-state index contributed by atoms with van der Waals surface area (Å²) in [6, 6.07) is 14.6. The standard InChI is InChI=1S/C30H18N6/c1-2-17-3-4-18-12-25-26-15-23-9-7-21(33-23)13-19-5-6-20(32-19)14-22-8-10-24(34-22)16-27(35-26)30(25)36-29(18)28(17)31-11-1/h1-16,32,36H. The molecule has 1 aromatic carbocycles. The Morgan fingerprint density at radius 3 is 2.14 bits per heavy atom. The third-order valence-corrected chi connectivity index (χ3v) is 6.67. The molecule has 36 heavy (non-hydrogen) atoms. The van der Waals surface area contributed by atoms with E-state index in [0.29, 0.717) is 0 Å². The smallest absolute Gasteiger partial charge is 0.0942 e. The van der Waals surface area contributed by atoms with Crippen LogP contribution in [0.2, 0.25) is 0 Å². The van der Waals surface area contributed by atoms with Gasteiger partial charge in [-0.15, -0.1) is 0 Å². The van der Waals surface area contributed by atoms with Crippen molar-refractivity contribution in [2.24, 2.45) is 9.98 Å². The average molecular weight is 463 g/mol. The second kappa shape index (κ2) is 7.20. The highest BCUT2D eigenvalue weighted by molar-refractivity contribution is 6.20. The number of nitrogens with zero attached hydrogens (tertiary/aromatic N) is 4. The van der Waals surface area contributed by atoms with Gasteiger partial charge in [0.1, 0.15) is 0 Å². The van der Waals surface area contributed by atoms with Gasteiger partial charge in [-0.25, -0.2) is 15.0 Å². The van der Waals surface area contributed by atoms with Crippen molar-refractivity contribution in [2.45, 2.75) is 0 Å². The summed E-state index contributed by atoms with van der Waals surface area (Å²) in [5, 5.41) is 4.17. The number of hydrogen-bond donors (Lipinski definition) is 2. The van der Waals surface area contributed by atoms with Crippen LogP contribution >= 0.6 is 0 Å². The molecule has 8 bridgehead atoms. The first-order valence-electron chi connectivity index (χ1n) is 11.8. The largest absolute Gasteiger partial charge is 0.355 e. The molecule has 0 radical (unpaired) electrons. The van der Waals surface area contributed by atoms with E-state index < -0.39 is 0 Å². The minimum absolute atomic E-state index is 0.836. The van der Waals surface area contributed by atoms with E-state index >= 15 is 0 Å². The van der Waals surface area contributed by atoms with E-state index in [4.69, 9.17) is 15.0 Å². The Morgan fingerprint density at radius 2 is 1.36 bits per heavy atom. The van der Waals surface area contributed by atoms with Crippen molar-refractivity contribution in [1.29, 1.82) is 0 Å². The fourth-order valence-electron chi connectivity index (χ4n) is 5.00. The zero-order chi connectivity index (χ0) is 23.6. The number of hydrogen-bond acceptors (Lipinski definition) is 4. The molecule has 0 spiro atoms. The molecule has 0 unspecified atom stereocenters. The second-order valence-corrected chi connectivity index (χ2v) is 9.08. The number of nitrogens with one attached hydrogen (secondary N) is 2. The molecule has 0 saturated heterocycles. The third kappa shape index (κ3) is 3.05. The first-order chi connectivity index (χ1) is 17.7. The fraction of sp³-hybridized carbons (Fsp3) is 0. The van der Waals surface area contributed by atoms with Crippen molar-refractivity contribution < 1.29 is 0 Å². The second-order valence-electron chi connectivity index (χ2n) is 9.08. The van der Waals surface area contributed by atoms with Gasteiger partial charge in [0, 0.05) is 33.2 Å². The number of aliphatic imine (C=N–C) groups is 2. The summed E-state index contributed by atoms with van der Waals surface area (Å²) in [5.74, 6) is 0. The molecule has 0 amide bonds. The highest BCUT2D eigenvalue weighted by Crippen LogP contribution is 2.36. The Morgan fingerprint density at radius 1 is 0.639 bits per heavy atom. The molecular weight excluding hydrogens is 444 g/mol. The van der Waals surface area contributed by atoms with Crippen LogP contribution in [-0.4, -0.2) is 31.4 Å². The van der Waals surface area contributed by atoms with Crippen molar-refractivity contribution in [2.75, 3.05) is 0 Å². The fourth-order valence-corrected chi connectivity index (χ4v) is 5.00. The summed E-state index contributed by atoms with van der Waals surface area (Å²) in [5.41, 5.74) is 9.15. The highest BCUT2D eigenvalue weighted by atomic mass is 14.9. The van der Waals surface area contributed by atoms with Crippen LogP contribution in [0.3, 0.4) is 0 Å². The lowest BCUT2D eigenvalue weighted by Gasteiger charge is -2.08. The Bertz CT molecular complexity index is 2040. The van der Waals surface area contributed by atoms with Gasteiger partial charge < -0.3 is 9.97 Å². The molecule has 0 saturated carbocycles. The van der Waals surface area contributed by atoms with E-state index in [0.717, 1.165) is 78.0 Å². The summed E-state index contributed by atoms with van der Waals surface area (Å²) in [4.78, 5) is 26.4. The lowest BCUT2D eigenvalue weighted by molar-refractivity contribution is 1.28. The van der Waals surface area contributed by atoms with E-state index in [2.05, 4.69) is 51.4 Å². The minimum Gasteiger partial charge on any atom is -0.355 e. The van der Waals surface area contributed by atoms with E-state index in [-0.39, 0.29) is 0 Å². The summed E-state index contributed by atoms with van der Waals surface area (Å²) >= 11 is 0. The first-order valence-corrected chi connectivity index (χ1v) is 11.8. The maximum atomic E-state index is 5.03. The third-order valence-electron chi connectivity index (χ3n) is 6.67. The monoisotopic (exact) mass is 462 g/mol. The predicted molar refractivity (Wildman–Crippen MR) is 146 cm³/mol. The van der Waals surface area contributed by atoms with Gasteiger partial charge in [0.25, 0.3) is 0 Å². The molecule has 168 valence electrons. The maximum absolute atomic E-state index is 5.03. The zero-order valence-electron chi connectivity index (χ0n) is 19.0. The number of fused-ring (bicyclic) bond motifs is 12. The molecule has 5 aliphatic rings. The molecule has 2 N–H and O–H groups in total. The van der Waals surface area contributed by atoms with Crippen molar-refractivity contribution in [3.05, 3.63) is 106 Å². The van der Waals surface area contributed by atoms with Crippen molar-refractivity contribution in [1.82, 2.24) is 19.9 Å². The normalized spacial score (nSPS) is 16.1. The van der Waals surface area contributed by atoms with Crippen LogP contribution in [0, 0.1) is 0 Å². The quantitative estimate of drug-likeness (QED) is 0.332. The van der Waals surface area contributed by atoms with Gasteiger partial charge in [-0.2, -0.15) is 0 Å². The molecular formula is C30H18N6. The summed E-state index contributed by atoms with van der Waals surface area (Å²) in [6.07, 6.45) is 18.1. The van der Waals surface area contributed by atoms with Crippen LogP contribution in [0.15, 0.2) is 94.3 Å². The topological polar surface area (TPSA) is 82.1 Å². The number of allylic oxidation sites excluding steroid dienone is 4. The Labute approximate surface area is 205 Å². The first kappa shape index (κ1) is 19.2. The van der Waals surface area contributed by atoms with Gasteiger partial charge in [-0.1, -0.05) is 18.2 Å². The molecule has 2 aromatic heterocycles. The molecule has 0 aliphatic carbocycles. The van der Waals surface area contributed by atoms with E-state index in [1.165, 1.54) is 0 Å². The lowest BCUT2D eigenvalue weighted by atomic mass is 10.0.